The molecule has 1 rings (SSSR count). The van der Waals surface area contributed by atoms with Crippen molar-refractivity contribution in [3.05, 3.63) is 29.6 Å². The lowest BCUT2D eigenvalue weighted by Crippen LogP contribution is -2.40. The van der Waals surface area contributed by atoms with Crippen LogP contribution >= 0.6 is 0 Å². The number of carboxylic acid groups (broad SMARTS) is 1. The molecule has 0 aromatic heterocycles. The third kappa shape index (κ3) is 4.20. The molecule has 0 aliphatic carbocycles. The molecule has 1 aromatic carbocycles. The largest absolute Gasteiger partial charge is 0.478 e. The second kappa shape index (κ2) is 7.24. The lowest BCUT2D eigenvalue weighted by molar-refractivity contribution is 0.0693. The lowest BCUT2D eigenvalue weighted by atomic mass is 10.1. The van der Waals surface area contributed by atoms with Gasteiger partial charge in [0.15, 0.2) is 0 Å². The highest BCUT2D eigenvalue weighted by atomic mass is 19.1. The number of hydrogen-bond donors (Lipinski definition) is 2. The molecule has 0 atom stereocenters. The maximum atomic E-state index is 13.5. The van der Waals surface area contributed by atoms with Gasteiger partial charge in [0.25, 0.3) is 0 Å². The molecule has 0 heterocycles. The zero-order valence-electron chi connectivity index (χ0n) is 12.5. The van der Waals surface area contributed by atoms with E-state index in [9.17, 15) is 9.18 Å². The number of aromatic carboxylic acids is 1. The third-order valence-electron chi connectivity index (χ3n) is 3.24. The summed E-state index contributed by atoms with van der Waals surface area (Å²) in [5.41, 5.74) is 0.0260. The van der Waals surface area contributed by atoms with Gasteiger partial charge in [0.2, 0.25) is 0 Å². The van der Waals surface area contributed by atoms with Gasteiger partial charge in [0.05, 0.1) is 5.69 Å². The van der Waals surface area contributed by atoms with E-state index in [1.165, 1.54) is 6.07 Å². The highest BCUT2D eigenvalue weighted by Gasteiger charge is 2.16. The first-order chi connectivity index (χ1) is 9.34. The van der Waals surface area contributed by atoms with Gasteiger partial charge in [0, 0.05) is 25.2 Å². The fraction of sp³-hybridized carbons (Fsp3) is 0.533. The van der Waals surface area contributed by atoms with Gasteiger partial charge in [-0.2, -0.15) is 0 Å². The number of hydrogen-bond acceptors (Lipinski definition) is 3. The molecule has 0 aliphatic rings. The van der Waals surface area contributed by atoms with Crippen LogP contribution in [0.4, 0.5) is 10.1 Å². The van der Waals surface area contributed by atoms with Crippen LogP contribution in [-0.4, -0.2) is 41.1 Å². The molecular formula is C15H23FN2O2. The van der Waals surface area contributed by atoms with Crippen molar-refractivity contribution in [2.24, 2.45) is 0 Å². The summed E-state index contributed by atoms with van der Waals surface area (Å²) < 4.78 is 13.5. The summed E-state index contributed by atoms with van der Waals surface area (Å²) in [5, 5.41) is 12.1. The van der Waals surface area contributed by atoms with E-state index in [-0.39, 0.29) is 5.56 Å². The molecule has 2 N–H and O–H groups in total. The van der Waals surface area contributed by atoms with E-state index in [1.54, 1.807) is 6.07 Å². The molecule has 20 heavy (non-hydrogen) atoms. The van der Waals surface area contributed by atoms with Crippen molar-refractivity contribution in [2.75, 3.05) is 18.4 Å². The summed E-state index contributed by atoms with van der Waals surface area (Å²) in [6, 6.07) is 5.06. The molecule has 0 fully saturated rings. The summed E-state index contributed by atoms with van der Waals surface area (Å²) in [6.45, 7) is 9.80. The van der Waals surface area contributed by atoms with E-state index in [1.807, 2.05) is 0 Å². The van der Waals surface area contributed by atoms with Gasteiger partial charge in [-0.1, -0.05) is 6.07 Å². The van der Waals surface area contributed by atoms with Gasteiger partial charge in [-0.3, -0.25) is 4.90 Å². The summed E-state index contributed by atoms with van der Waals surface area (Å²) in [4.78, 5) is 13.4. The van der Waals surface area contributed by atoms with E-state index in [0.717, 1.165) is 12.6 Å². The Hall–Kier alpha value is -1.62. The fourth-order valence-corrected chi connectivity index (χ4v) is 2.32. The molecule has 5 heteroatoms. The predicted molar refractivity (Wildman–Crippen MR) is 78.8 cm³/mol. The molecule has 0 aliphatic heterocycles. The average Bonchev–Trinajstić information content (AvgIpc) is 2.33. The SMILES string of the molecule is CC(C)N(CCNc1cccc(F)c1C(=O)O)C(C)C. The van der Waals surface area contributed by atoms with Crippen LogP contribution in [0.2, 0.25) is 0 Å². The first kappa shape index (κ1) is 16.4. The first-order valence-electron chi connectivity index (χ1n) is 6.86. The Labute approximate surface area is 119 Å². The van der Waals surface area contributed by atoms with Crippen LogP contribution in [0.25, 0.3) is 0 Å². The zero-order valence-corrected chi connectivity index (χ0v) is 12.5. The molecule has 0 radical (unpaired) electrons. The Morgan fingerprint density at radius 3 is 2.40 bits per heavy atom. The zero-order chi connectivity index (χ0) is 15.3. The molecule has 0 bridgehead atoms. The molecule has 0 saturated heterocycles. The van der Waals surface area contributed by atoms with E-state index >= 15 is 0 Å². The van der Waals surface area contributed by atoms with Crippen LogP contribution in [0.15, 0.2) is 18.2 Å². The van der Waals surface area contributed by atoms with Crippen molar-refractivity contribution in [3.63, 3.8) is 0 Å². The van der Waals surface area contributed by atoms with Crippen molar-refractivity contribution in [1.82, 2.24) is 4.90 Å². The van der Waals surface area contributed by atoms with Crippen LogP contribution in [-0.2, 0) is 0 Å². The van der Waals surface area contributed by atoms with Gasteiger partial charge in [-0.15, -0.1) is 0 Å². The van der Waals surface area contributed by atoms with Crippen LogP contribution in [0.1, 0.15) is 38.1 Å². The normalized spacial score (nSPS) is 11.4. The van der Waals surface area contributed by atoms with Crippen LogP contribution < -0.4 is 5.32 Å². The van der Waals surface area contributed by atoms with Gasteiger partial charge in [0.1, 0.15) is 11.4 Å². The molecule has 4 nitrogen and oxygen atoms in total. The second-order valence-electron chi connectivity index (χ2n) is 5.32. The first-order valence-corrected chi connectivity index (χ1v) is 6.86. The molecule has 0 amide bonds. The molecule has 1 aromatic rings. The van der Waals surface area contributed by atoms with Crippen molar-refractivity contribution in [2.45, 2.75) is 39.8 Å². The standard InChI is InChI=1S/C15H23FN2O2/c1-10(2)18(11(3)4)9-8-17-13-7-5-6-12(16)14(13)15(19)20/h5-7,10-11,17H,8-9H2,1-4H3,(H,19,20). The highest BCUT2D eigenvalue weighted by molar-refractivity contribution is 5.94. The molecule has 0 saturated carbocycles. The maximum Gasteiger partial charge on any atom is 0.340 e. The molecule has 0 unspecified atom stereocenters. The number of benzene rings is 1. The average molecular weight is 282 g/mol. The number of carbonyl (C=O) groups is 1. The van der Waals surface area contributed by atoms with Gasteiger partial charge in [-0.05, 0) is 39.8 Å². The fourth-order valence-electron chi connectivity index (χ4n) is 2.32. The number of halogens is 1. The van der Waals surface area contributed by atoms with E-state index in [4.69, 9.17) is 5.11 Å². The number of anilines is 1. The minimum absolute atomic E-state index is 0.298. The molecule has 0 spiro atoms. The Bertz CT molecular complexity index is 453. The van der Waals surface area contributed by atoms with Crippen molar-refractivity contribution in [3.8, 4) is 0 Å². The number of rotatable bonds is 7. The molecule has 112 valence electrons. The topological polar surface area (TPSA) is 52.6 Å². The van der Waals surface area contributed by atoms with Crippen LogP contribution in [0.3, 0.4) is 0 Å². The molecular weight excluding hydrogens is 259 g/mol. The monoisotopic (exact) mass is 282 g/mol. The minimum atomic E-state index is -1.25. The van der Waals surface area contributed by atoms with Crippen LogP contribution in [0, 0.1) is 5.82 Å². The van der Waals surface area contributed by atoms with Gasteiger partial charge in [-0.25, -0.2) is 9.18 Å². The maximum absolute atomic E-state index is 13.5. The van der Waals surface area contributed by atoms with Crippen LogP contribution in [0.5, 0.6) is 0 Å². The van der Waals surface area contributed by atoms with Crippen molar-refractivity contribution < 1.29 is 14.3 Å². The Morgan fingerprint density at radius 2 is 1.90 bits per heavy atom. The summed E-state index contributed by atoms with van der Waals surface area (Å²) in [6.07, 6.45) is 0. The lowest BCUT2D eigenvalue weighted by Gasteiger charge is -2.30. The van der Waals surface area contributed by atoms with Crippen molar-refractivity contribution >= 4 is 11.7 Å². The third-order valence-corrected chi connectivity index (χ3v) is 3.24. The Kier molecular flexibility index (Phi) is 5.95. The quantitative estimate of drug-likeness (QED) is 0.807. The number of nitrogens with zero attached hydrogens (tertiary/aromatic N) is 1. The number of nitrogens with one attached hydrogen (secondary N) is 1. The highest BCUT2D eigenvalue weighted by Crippen LogP contribution is 2.18. The summed E-state index contributed by atoms with van der Waals surface area (Å²) in [5.74, 6) is -1.97. The van der Waals surface area contributed by atoms with E-state index in [2.05, 4.69) is 37.9 Å². The number of carboxylic acids is 1. The Balaban J connectivity index is 2.71. The van der Waals surface area contributed by atoms with Gasteiger partial charge < -0.3 is 10.4 Å². The summed E-state index contributed by atoms with van der Waals surface area (Å²) >= 11 is 0. The van der Waals surface area contributed by atoms with Crippen molar-refractivity contribution in [1.29, 1.82) is 0 Å². The minimum Gasteiger partial charge on any atom is -0.478 e. The van der Waals surface area contributed by atoms with E-state index < -0.39 is 11.8 Å². The summed E-state index contributed by atoms with van der Waals surface area (Å²) in [7, 11) is 0. The van der Waals surface area contributed by atoms with E-state index in [0.29, 0.717) is 24.3 Å². The smallest absolute Gasteiger partial charge is 0.340 e. The Morgan fingerprint density at radius 1 is 1.30 bits per heavy atom. The van der Waals surface area contributed by atoms with Gasteiger partial charge >= 0.3 is 5.97 Å². The second-order valence-corrected chi connectivity index (χ2v) is 5.32. The predicted octanol–water partition coefficient (Wildman–Crippen LogP) is 3.05.